The predicted octanol–water partition coefficient (Wildman–Crippen LogP) is 4.58. The molecule has 3 aromatic rings. The lowest BCUT2D eigenvalue weighted by Crippen LogP contribution is -2.41. The fourth-order valence-electron chi connectivity index (χ4n) is 2.91. The van der Waals surface area contributed by atoms with Crippen molar-refractivity contribution in [3.8, 4) is 0 Å². The minimum absolute atomic E-state index is 0.0537. The standard InChI is InChI=1S/C20H21NO2S/c1-3-20(23-2,16-10-5-4-6-11-16)14-21-19(22)18-13-15-9-7-8-12-17(15)24-18/h4-13H,3,14H2,1-2H3,(H,21,22). The lowest BCUT2D eigenvalue weighted by molar-refractivity contribution is -0.0164. The number of hydrogen-bond donors (Lipinski definition) is 1. The molecule has 24 heavy (non-hydrogen) atoms. The summed E-state index contributed by atoms with van der Waals surface area (Å²) in [4.78, 5) is 13.3. The number of amides is 1. The van der Waals surface area contributed by atoms with Gasteiger partial charge in [0.2, 0.25) is 0 Å². The predicted molar refractivity (Wildman–Crippen MR) is 99.6 cm³/mol. The van der Waals surface area contributed by atoms with Crippen LogP contribution in [-0.2, 0) is 10.3 Å². The zero-order valence-corrected chi connectivity index (χ0v) is 14.7. The topological polar surface area (TPSA) is 38.3 Å². The van der Waals surface area contributed by atoms with E-state index in [1.807, 2.05) is 60.7 Å². The van der Waals surface area contributed by atoms with Crippen molar-refractivity contribution in [2.24, 2.45) is 0 Å². The highest BCUT2D eigenvalue weighted by Crippen LogP contribution is 2.29. The molecular weight excluding hydrogens is 318 g/mol. The zero-order valence-electron chi connectivity index (χ0n) is 13.9. The van der Waals surface area contributed by atoms with E-state index >= 15 is 0 Å². The van der Waals surface area contributed by atoms with Gasteiger partial charge in [0.15, 0.2) is 0 Å². The van der Waals surface area contributed by atoms with Gasteiger partial charge >= 0.3 is 0 Å². The third-order valence-corrected chi connectivity index (χ3v) is 5.56. The van der Waals surface area contributed by atoms with Crippen molar-refractivity contribution >= 4 is 27.3 Å². The number of benzene rings is 2. The summed E-state index contributed by atoms with van der Waals surface area (Å²) in [6.45, 7) is 2.51. The molecule has 0 aliphatic rings. The maximum atomic E-state index is 12.6. The summed E-state index contributed by atoms with van der Waals surface area (Å²) in [5, 5.41) is 4.15. The number of thiophene rings is 1. The van der Waals surface area contributed by atoms with Crippen LogP contribution < -0.4 is 5.32 Å². The molecule has 1 atom stereocenters. The Bertz CT molecular complexity index is 789. The largest absolute Gasteiger partial charge is 0.372 e. The van der Waals surface area contributed by atoms with Crippen molar-refractivity contribution in [3.63, 3.8) is 0 Å². The SMILES string of the molecule is CCC(CNC(=O)c1cc2ccccc2s1)(OC)c1ccccc1. The molecule has 0 spiro atoms. The summed E-state index contributed by atoms with van der Waals surface area (Å²) >= 11 is 1.51. The first-order valence-electron chi connectivity index (χ1n) is 8.06. The highest BCUT2D eigenvalue weighted by Gasteiger charge is 2.30. The molecule has 4 heteroatoms. The molecule has 1 N–H and O–H groups in total. The molecule has 3 rings (SSSR count). The fraction of sp³-hybridized carbons (Fsp3) is 0.250. The molecule has 0 saturated carbocycles. The molecule has 0 fully saturated rings. The second-order valence-electron chi connectivity index (χ2n) is 5.75. The molecule has 1 amide bonds. The average molecular weight is 339 g/mol. The Morgan fingerprint density at radius 2 is 1.83 bits per heavy atom. The van der Waals surface area contributed by atoms with Gasteiger partial charge in [-0.25, -0.2) is 0 Å². The van der Waals surface area contributed by atoms with E-state index in [1.165, 1.54) is 11.3 Å². The molecule has 1 heterocycles. The maximum absolute atomic E-state index is 12.6. The van der Waals surface area contributed by atoms with Crippen LogP contribution in [0.25, 0.3) is 10.1 Å². The number of nitrogens with one attached hydrogen (secondary N) is 1. The van der Waals surface area contributed by atoms with Crippen molar-refractivity contribution < 1.29 is 9.53 Å². The van der Waals surface area contributed by atoms with E-state index in [0.717, 1.165) is 26.9 Å². The van der Waals surface area contributed by atoms with Gasteiger partial charge in [0, 0.05) is 11.8 Å². The van der Waals surface area contributed by atoms with E-state index in [9.17, 15) is 4.79 Å². The van der Waals surface area contributed by atoms with Gasteiger partial charge in [-0.2, -0.15) is 0 Å². The first-order valence-corrected chi connectivity index (χ1v) is 8.87. The molecule has 1 aromatic heterocycles. The number of carbonyl (C=O) groups is 1. The Morgan fingerprint density at radius 1 is 1.12 bits per heavy atom. The van der Waals surface area contributed by atoms with Crippen LogP contribution in [0, 0.1) is 0 Å². The quantitative estimate of drug-likeness (QED) is 0.714. The molecule has 1 unspecified atom stereocenters. The molecule has 124 valence electrons. The highest BCUT2D eigenvalue weighted by atomic mass is 32.1. The molecule has 0 aliphatic carbocycles. The van der Waals surface area contributed by atoms with Gasteiger partial charge in [0.05, 0.1) is 11.4 Å². The summed E-state index contributed by atoms with van der Waals surface area (Å²) < 4.78 is 6.93. The van der Waals surface area contributed by atoms with Crippen molar-refractivity contribution in [1.29, 1.82) is 0 Å². The monoisotopic (exact) mass is 339 g/mol. The van der Waals surface area contributed by atoms with Crippen LogP contribution in [0.15, 0.2) is 60.7 Å². The minimum Gasteiger partial charge on any atom is -0.372 e. The van der Waals surface area contributed by atoms with E-state index in [1.54, 1.807) is 7.11 Å². The van der Waals surface area contributed by atoms with Gasteiger partial charge in [-0.1, -0.05) is 55.5 Å². The first kappa shape index (κ1) is 16.7. The van der Waals surface area contributed by atoms with Crippen LogP contribution >= 0.6 is 11.3 Å². The molecule has 3 nitrogen and oxygen atoms in total. The van der Waals surface area contributed by atoms with E-state index in [-0.39, 0.29) is 5.91 Å². The van der Waals surface area contributed by atoms with Crippen LogP contribution in [0.2, 0.25) is 0 Å². The molecular formula is C20H21NO2S. The maximum Gasteiger partial charge on any atom is 0.261 e. The summed E-state index contributed by atoms with van der Waals surface area (Å²) in [7, 11) is 1.70. The van der Waals surface area contributed by atoms with Crippen LogP contribution in [0.5, 0.6) is 0 Å². The number of ether oxygens (including phenoxy) is 1. The van der Waals surface area contributed by atoms with E-state index in [0.29, 0.717) is 6.54 Å². The van der Waals surface area contributed by atoms with Gasteiger partial charge in [0.25, 0.3) is 5.91 Å². The Labute approximate surface area is 146 Å². The molecule has 0 bridgehead atoms. The Morgan fingerprint density at radius 3 is 2.50 bits per heavy atom. The van der Waals surface area contributed by atoms with Gasteiger partial charge in [0.1, 0.15) is 5.60 Å². The lowest BCUT2D eigenvalue weighted by Gasteiger charge is -2.32. The summed E-state index contributed by atoms with van der Waals surface area (Å²) in [6, 6.07) is 20.0. The summed E-state index contributed by atoms with van der Waals surface area (Å²) in [6.07, 6.45) is 0.778. The van der Waals surface area contributed by atoms with Crippen molar-refractivity contribution in [1.82, 2.24) is 5.32 Å². The minimum atomic E-state index is -0.506. The lowest BCUT2D eigenvalue weighted by atomic mass is 9.90. The first-order chi connectivity index (χ1) is 11.7. The molecule has 0 aliphatic heterocycles. The zero-order chi connectivity index (χ0) is 17.0. The number of methoxy groups -OCH3 is 1. The van der Waals surface area contributed by atoms with Gasteiger partial charge < -0.3 is 10.1 Å². The Balaban J connectivity index is 1.78. The van der Waals surface area contributed by atoms with Crippen LogP contribution in [0.3, 0.4) is 0 Å². The third kappa shape index (κ3) is 3.21. The number of fused-ring (bicyclic) bond motifs is 1. The van der Waals surface area contributed by atoms with Crippen molar-refractivity contribution in [2.45, 2.75) is 18.9 Å². The molecule has 0 radical (unpaired) electrons. The fourth-order valence-corrected chi connectivity index (χ4v) is 3.89. The molecule has 2 aromatic carbocycles. The van der Waals surface area contributed by atoms with E-state index < -0.39 is 5.60 Å². The second-order valence-corrected chi connectivity index (χ2v) is 6.83. The van der Waals surface area contributed by atoms with E-state index in [2.05, 4.69) is 12.2 Å². The smallest absolute Gasteiger partial charge is 0.261 e. The van der Waals surface area contributed by atoms with Crippen molar-refractivity contribution in [3.05, 3.63) is 71.1 Å². The third-order valence-electron chi connectivity index (χ3n) is 4.45. The molecule has 0 saturated heterocycles. The van der Waals surface area contributed by atoms with E-state index in [4.69, 9.17) is 4.74 Å². The van der Waals surface area contributed by atoms with Gasteiger partial charge in [-0.3, -0.25) is 4.79 Å². The van der Waals surface area contributed by atoms with Gasteiger partial charge in [-0.15, -0.1) is 11.3 Å². The van der Waals surface area contributed by atoms with Crippen LogP contribution in [0.4, 0.5) is 0 Å². The van der Waals surface area contributed by atoms with Crippen LogP contribution in [0.1, 0.15) is 28.6 Å². The average Bonchev–Trinajstić information content (AvgIpc) is 3.08. The Hall–Kier alpha value is -2.17. The number of hydrogen-bond acceptors (Lipinski definition) is 3. The van der Waals surface area contributed by atoms with Crippen LogP contribution in [-0.4, -0.2) is 19.6 Å². The second kappa shape index (κ2) is 7.16. The number of rotatable bonds is 6. The van der Waals surface area contributed by atoms with Gasteiger partial charge in [-0.05, 0) is 29.5 Å². The van der Waals surface area contributed by atoms with Crippen molar-refractivity contribution in [2.75, 3.05) is 13.7 Å². The summed E-state index contributed by atoms with van der Waals surface area (Å²) in [5.74, 6) is -0.0537. The Kier molecular flexibility index (Phi) is 4.97. The normalized spacial score (nSPS) is 13.6. The highest BCUT2D eigenvalue weighted by molar-refractivity contribution is 7.20. The number of carbonyl (C=O) groups excluding carboxylic acids is 1. The summed E-state index contributed by atoms with van der Waals surface area (Å²) in [5.41, 5.74) is 0.569.